The van der Waals surface area contributed by atoms with Crippen LogP contribution in [0, 0.1) is 11.6 Å². The van der Waals surface area contributed by atoms with Crippen molar-refractivity contribution < 1.29 is 13.6 Å². The van der Waals surface area contributed by atoms with Gasteiger partial charge in [0.1, 0.15) is 17.3 Å². The zero-order valence-corrected chi connectivity index (χ0v) is 16.7. The molecule has 0 fully saturated rings. The molecule has 4 aromatic rings. The molecular formula is C20H14F2N4OS2. The van der Waals surface area contributed by atoms with Crippen molar-refractivity contribution in [3.05, 3.63) is 77.4 Å². The zero-order valence-electron chi connectivity index (χ0n) is 15.1. The number of hydrogen-bond acceptors (Lipinski definition) is 5. The van der Waals surface area contributed by atoms with Gasteiger partial charge in [0, 0.05) is 16.6 Å². The number of imidazole rings is 1. The molecule has 2 aromatic carbocycles. The van der Waals surface area contributed by atoms with Crippen LogP contribution in [-0.2, 0) is 0 Å². The van der Waals surface area contributed by atoms with Crippen LogP contribution in [0.1, 0.15) is 10.5 Å². The molecule has 2 aromatic heterocycles. The predicted molar refractivity (Wildman–Crippen MR) is 111 cm³/mol. The van der Waals surface area contributed by atoms with Crippen LogP contribution in [0.4, 0.5) is 13.9 Å². The maximum absolute atomic E-state index is 13.3. The van der Waals surface area contributed by atoms with Crippen LogP contribution >= 0.6 is 23.1 Å². The van der Waals surface area contributed by atoms with Crippen molar-refractivity contribution in [1.82, 2.24) is 14.5 Å². The van der Waals surface area contributed by atoms with Gasteiger partial charge in [-0.05, 0) is 54.8 Å². The number of nitrogens with zero attached hydrogens (tertiary/aromatic N) is 3. The highest BCUT2D eigenvalue weighted by Crippen LogP contribution is 2.27. The van der Waals surface area contributed by atoms with Crippen LogP contribution in [0.2, 0.25) is 0 Å². The molecule has 29 heavy (non-hydrogen) atoms. The summed E-state index contributed by atoms with van der Waals surface area (Å²) in [5.41, 5.74) is 2.33. The number of aromatic nitrogens is 3. The van der Waals surface area contributed by atoms with E-state index in [2.05, 4.69) is 15.3 Å². The normalized spacial score (nSPS) is 10.9. The van der Waals surface area contributed by atoms with Gasteiger partial charge in [0.25, 0.3) is 5.91 Å². The van der Waals surface area contributed by atoms with E-state index in [1.165, 1.54) is 53.6 Å². The summed E-state index contributed by atoms with van der Waals surface area (Å²) in [4.78, 5) is 21.5. The summed E-state index contributed by atoms with van der Waals surface area (Å²) in [6.07, 6.45) is 3.32. The quantitative estimate of drug-likeness (QED) is 0.441. The Labute approximate surface area is 173 Å². The van der Waals surface area contributed by atoms with Crippen molar-refractivity contribution in [2.75, 3.05) is 11.6 Å². The fourth-order valence-corrected chi connectivity index (χ4v) is 3.98. The van der Waals surface area contributed by atoms with Gasteiger partial charge in [0.05, 0.1) is 11.9 Å². The third-order valence-corrected chi connectivity index (χ3v) is 5.50. The molecule has 0 saturated heterocycles. The number of thioether (sulfide) groups is 1. The topological polar surface area (TPSA) is 59.8 Å². The minimum absolute atomic E-state index is 0.305. The number of carbonyl (C=O) groups is 1. The highest BCUT2D eigenvalue weighted by Gasteiger charge is 2.19. The third kappa shape index (κ3) is 4.06. The van der Waals surface area contributed by atoms with Gasteiger partial charge in [-0.1, -0.05) is 11.8 Å². The minimum Gasteiger partial charge on any atom is -0.296 e. The first-order valence-electron chi connectivity index (χ1n) is 8.45. The van der Waals surface area contributed by atoms with E-state index in [1.54, 1.807) is 34.2 Å². The Kier molecular flexibility index (Phi) is 5.41. The average molecular weight is 428 g/mol. The highest BCUT2D eigenvalue weighted by molar-refractivity contribution is 7.98. The number of nitrogens with one attached hydrogen (secondary N) is 1. The number of rotatable bonds is 5. The van der Waals surface area contributed by atoms with Gasteiger partial charge in [-0.2, -0.15) is 0 Å². The molecule has 0 aliphatic carbocycles. The molecule has 1 amide bonds. The second-order valence-electron chi connectivity index (χ2n) is 5.94. The van der Waals surface area contributed by atoms with Crippen molar-refractivity contribution in [1.29, 1.82) is 0 Å². The molecule has 0 saturated carbocycles. The van der Waals surface area contributed by atoms with Gasteiger partial charge in [0.2, 0.25) is 0 Å². The van der Waals surface area contributed by atoms with Crippen molar-refractivity contribution in [3.63, 3.8) is 0 Å². The number of benzene rings is 2. The standard InChI is InChI=1S/C20H14F2N4OS2/c1-28-20-23-10-17(26(20)15-8-6-14(22)7-9-15)18(27)25-19-24-16(11-29-19)12-2-4-13(21)5-3-12/h2-11H,1H3,(H,24,25,27). The Bertz CT molecular complexity index is 1150. The molecule has 1 N–H and O–H groups in total. The summed E-state index contributed by atoms with van der Waals surface area (Å²) in [6, 6.07) is 11.8. The summed E-state index contributed by atoms with van der Waals surface area (Å²) < 4.78 is 28.0. The van der Waals surface area contributed by atoms with E-state index in [0.717, 1.165) is 5.56 Å². The Balaban J connectivity index is 1.60. The Morgan fingerprint density at radius 2 is 1.72 bits per heavy atom. The van der Waals surface area contributed by atoms with Crippen molar-refractivity contribution >= 4 is 34.1 Å². The minimum atomic E-state index is -0.387. The molecule has 0 aliphatic heterocycles. The van der Waals surface area contributed by atoms with E-state index >= 15 is 0 Å². The van der Waals surface area contributed by atoms with Crippen LogP contribution in [0.15, 0.2) is 65.3 Å². The number of amides is 1. The molecule has 5 nitrogen and oxygen atoms in total. The van der Waals surface area contributed by atoms with Gasteiger partial charge in [0.15, 0.2) is 10.3 Å². The van der Waals surface area contributed by atoms with Crippen molar-refractivity contribution in [2.45, 2.75) is 5.16 Å². The largest absolute Gasteiger partial charge is 0.296 e. The molecule has 0 aliphatic rings. The molecule has 0 radical (unpaired) electrons. The van der Waals surface area contributed by atoms with E-state index in [4.69, 9.17) is 0 Å². The molecule has 0 atom stereocenters. The number of anilines is 1. The summed E-state index contributed by atoms with van der Waals surface area (Å²) in [5, 5.41) is 5.57. The lowest BCUT2D eigenvalue weighted by molar-refractivity contribution is 0.102. The fraction of sp³-hybridized carbons (Fsp3) is 0.0500. The van der Waals surface area contributed by atoms with E-state index in [-0.39, 0.29) is 17.5 Å². The number of halogens is 2. The van der Waals surface area contributed by atoms with Gasteiger partial charge in [-0.15, -0.1) is 11.3 Å². The van der Waals surface area contributed by atoms with E-state index < -0.39 is 0 Å². The first-order valence-corrected chi connectivity index (χ1v) is 10.6. The molecular weight excluding hydrogens is 414 g/mol. The van der Waals surface area contributed by atoms with Crippen LogP contribution in [0.25, 0.3) is 16.9 Å². The van der Waals surface area contributed by atoms with Crippen LogP contribution in [0.3, 0.4) is 0 Å². The maximum Gasteiger partial charge on any atom is 0.276 e. The Hall–Kier alpha value is -3.04. The Morgan fingerprint density at radius 1 is 1.07 bits per heavy atom. The number of thiazole rings is 1. The van der Waals surface area contributed by atoms with E-state index in [9.17, 15) is 13.6 Å². The first kappa shape index (κ1) is 19.3. The van der Waals surface area contributed by atoms with Gasteiger partial charge < -0.3 is 0 Å². The second kappa shape index (κ2) is 8.14. The van der Waals surface area contributed by atoms with Crippen LogP contribution in [-0.4, -0.2) is 26.7 Å². The summed E-state index contributed by atoms with van der Waals surface area (Å²) in [6.45, 7) is 0. The molecule has 9 heteroatoms. The van der Waals surface area contributed by atoms with E-state index in [1.807, 2.05) is 6.26 Å². The molecule has 0 spiro atoms. The fourth-order valence-electron chi connectivity index (χ4n) is 2.72. The maximum atomic E-state index is 13.3. The molecule has 4 rings (SSSR count). The monoisotopic (exact) mass is 428 g/mol. The Morgan fingerprint density at radius 3 is 2.38 bits per heavy atom. The average Bonchev–Trinajstić information content (AvgIpc) is 3.36. The van der Waals surface area contributed by atoms with Gasteiger partial charge in [-0.25, -0.2) is 18.7 Å². The van der Waals surface area contributed by atoms with E-state index in [0.29, 0.717) is 27.4 Å². The summed E-state index contributed by atoms with van der Waals surface area (Å²) in [7, 11) is 0. The molecule has 0 unspecified atom stereocenters. The SMILES string of the molecule is CSc1ncc(C(=O)Nc2nc(-c3ccc(F)cc3)cs2)n1-c1ccc(F)cc1. The van der Waals surface area contributed by atoms with Crippen LogP contribution in [0.5, 0.6) is 0 Å². The van der Waals surface area contributed by atoms with Gasteiger partial charge in [-0.3, -0.25) is 14.7 Å². The van der Waals surface area contributed by atoms with Gasteiger partial charge >= 0.3 is 0 Å². The predicted octanol–water partition coefficient (Wildman–Crippen LogP) is 5.25. The second-order valence-corrected chi connectivity index (χ2v) is 7.57. The molecule has 2 heterocycles. The molecule has 0 bridgehead atoms. The van der Waals surface area contributed by atoms with Crippen LogP contribution < -0.4 is 5.32 Å². The van der Waals surface area contributed by atoms with Crippen molar-refractivity contribution in [2.24, 2.45) is 0 Å². The summed E-state index contributed by atoms with van der Waals surface area (Å²) in [5.74, 6) is -1.07. The lowest BCUT2D eigenvalue weighted by atomic mass is 10.2. The first-order chi connectivity index (χ1) is 14.0. The smallest absolute Gasteiger partial charge is 0.276 e. The highest BCUT2D eigenvalue weighted by atomic mass is 32.2. The third-order valence-electron chi connectivity index (χ3n) is 4.09. The zero-order chi connectivity index (χ0) is 20.4. The lowest BCUT2D eigenvalue weighted by Crippen LogP contribution is -2.16. The number of carbonyl (C=O) groups excluding carboxylic acids is 1. The summed E-state index contributed by atoms with van der Waals surface area (Å²) >= 11 is 2.64. The number of hydrogen-bond donors (Lipinski definition) is 1. The molecule has 146 valence electrons. The lowest BCUT2D eigenvalue weighted by Gasteiger charge is -2.10. The van der Waals surface area contributed by atoms with Crippen molar-refractivity contribution in [3.8, 4) is 16.9 Å².